The second-order valence-electron chi connectivity index (χ2n) is 12.3. The standard InChI is InChI=1S/C25H38O4.C2H6/c1-22-8-9-24(28-11-12-29-24)13-15(22)3-4-16-17-5-6-19-23(2)20(7-10-27-23)25(17,19)14-18(26)21(16)22;1-2/h15-21,26H,3-14H2,1-2H3;1-2H3. The van der Waals surface area contributed by atoms with Gasteiger partial charge in [0.1, 0.15) is 0 Å². The van der Waals surface area contributed by atoms with E-state index < -0.39 is 0 Å². The van der Waals surface area contributed by atoms with Crippen molar-refractivity contribution in [2.24, 2.45) is 46.3 Å². The van der Waals surface area contributed by atoms with Gasteiger partial charge in [-0.3, -0.25) is 0 Å². The molecule has 4 heteroatoms. The van der Waals surface area contributed by atoms with E-state index in [1.165, 1.54) is 32.1 Å². The van der Waals surface area contributed by atoms with Gasteiger partial charge >= 0.3 is 0 Å². The molecule has 7 rings (SSSR count). The van der Waals surface area contributed by atoms with Crippen molar-refractivity contribution in [2.45, 2.75) is 103 Å². The van der Waals surface area contributed by atoms with Crippen LogP contribution in [0.5, 0.6) is 0 Å². The number of hydrogen-bond donors (Lipinski definition) is 1. The van der Waals surface area contributed by atoms with Gasteiger partial charge in [-0.2, -0.15) is 0 Å². The lowest BCUT2D eigenvalue weighted by Crippen LogP contribution is -2.71. The third-order valence-corrected chi connectivity index (χ3v) is 11.9. The van der Waals surface area contributed by atoms with Crippen LogP contribution in [0.4, 0.5) is 0 Å². The van der Waals surface area contributed by atoms with Gasteiger partial charge in [-0.05, 0) is 98.2 Å². The van der Waals surface area contributed by atoms with Gasteiger partial charge in [0, 0.05) is 19.4 Å². The first-order chi connectivity index (χ1) is 14.9. The molecule has 31 heavy (non-hydrogen) atoms. The summed E-state index contributed by atoms with van der Waals surface area (Å²) in [4.78, 5) is 0. The number of fused-ring (bicyclic) bond motifs is 6. The van der Waals surface area contributed by atoms with Crippen molar-refractivity contribution in [1.29, 1.82) is 0 Å². The van der Waals surface area contributed by atoms with Crippen LogP contribution in [0, 0.1) is 46.3 Å². The predicted molar refractivity (Wildman–Crippen MR) is 119 cm³/mol. The molecular weight excluding hydrogens is 388 g/mol. The predicted octanol–water partition coefficient (Wildman–Crippen LogP) is 5.17. The lowest BCUT2D eigenvalue weighted by molar-refractivity contribution is -0.286. The molecule has 7 fully saturated rings. The SMILES string of the molecule is CC.CC12CCC3(CC1CCC1C2C(O)CC24C1CCC2C1(C)OCCC14)OCCO3. The van der Waals surface area contributed by atoms with Crippen molar-refractivity contribution in [2.75, 3.05) is 19.8 Å². The molecule has 0 bridgehead atoms. The maximum Gasteiger partial charge on any atom is 0.168 e. The maximum atomic E-state index is 11.7. The number of aliphatic hydroxyl groups is 1. The van der Waals surface area contributed by atoms with Crippen LogP contribution in [0.2, 0.25) is 0 Å². The zero-order chi connectivity index (χ0) is 21.6. The molecule has 10 unspecified atom stereocenters. The molecule has 2 saturated heterocycles. The second-order valence-corrected chi connectivity index (χ2v) is 12.3. The summed E-state index contributed by atoms with van der Waals surface area (Å²) in [6.07, 6.45) is 10.7. The Bertz CT molecular complexity index is 708. The Labute approximate surface area is 188 Å². The number of aliphatic hydroxyl groups excluding tert-OH is 1. The highest BCUT2D eigenvalue weighted by Gasteiger charge is 2.78. The van der Waals surface area contributed by atoms with E-state index in [4.69, 9.17) is 14.2 Å². The minimum absolute atomic E-state index is 0.122. The van der Waals surface area contributed by atoms with Crippen LogP contribution in [-0.4, -0.2) is 42.4 Å². The monoisotopic (exact) mass is 432 g/mol. The van der Waals surface area contributed by atoms with E-state index in [0.717, 1.165) is 57.3 Å². The number of ether oxygens (including phenoxy) is 3. The summed E-state index contributed by atoms with van der Waals surface area (Å²) in [5, 5.41) is 11.7. The van der Waals surface area contributed by atoms with E-state index in [1.54, 1.807) is 0 Å². The normalized spacial score (nSPS) is 58.2. The van der Waals surface area contributed by atoms with Gasteiger partial charge in [-0.1, -0.05) is 20.8 Å². The highest BCUT2D eigenvalue weighted by molar-refractivity contribution is 5.27. The van der Waals surface area contributed by atoms with Crippen LogP contribution < -0.4 is 0 Å². The molecule has 10 atom stereocenters. The van der Waals surface area contributed by atoms with Gasteiger partial charge in [-0.15, -0.1) is 0 Å². The zero-order valence-electron chi connectivity index (χ0n) is 20.2. The van der Waals surface area contributed by atoms with E-state index in [9.17, 15) is 5.11 Å². The van der Waals surface area contributed by atoms with E-state index >= 15 is 0 Å². The molecule has 0 aromatic rings. The Morgan fingerprint density at radius 1 is 0.774 bits per heavy atom. The smallest absolute Gasteiger partial charge is 0.168 e. The summed E-state index contributed by atoms with van der Waals surface area (Å²) in [6, 6.07) is 0. The van der Waals surface area contributed by atoms with Crippen molar-refractivity contribution in [1.82, 2.24) is 0 Å². The zero-order valence-corrected chi connectivity index (χ0v) is 20.2. The van der Waals surface area contributed by atoms with Gasteiger partial charge in [-0.25, -0.2) is 0 Å². The summed E-state index contributed by atoms with van der Waals surface area (Å²) >= 11 is 0. The molecule has 2 heterocycles. The van der Waals surface area contributed by atoms with Crippen LogP contribution in [0.3, 0.4) is 0 Å². The number of rotatable bonds is 0. The van der Waals surface area contributed by atoms with Crippen LogP contribution in [0.1, 0.15) is 85.5 Å². The van der Waals surface area contributed by atoms with Crippen molar-refractivity contribution < 1.29 is 19.3 Å². The lowest BCUT2D eigenvalue weighted by Gasteiger charge is -2.70. The molecule has 0 radical (unpaired) electrons. The van der Waals surface area contributed by atoms with Gasteiger partial charge < -0.3 is 19.3 Å². The minimum atomic E-state index is -0.298. The average molecular weight is 433 g/mol. The average Bonchev–Trinajstić information content (AvgIpc) is 3.46. The Morgan fingerprint density at radius 2 is 1.52 bits per heavy atom. The topological polar surface area (TPSA) is 47.9 Å². The largest absolute Gasteiger partial charge is 0.393 e. The Kier molecular flexibility index (Phi) is 4.78. The van der Waals surface area contributed by atoms with Crippen LogP contribution in [0.15, 0.2) is 0 Å². The molecule has 5 aliphatic carbocycles. The molecule has 5 saturated carbocycles. The molecule has 176 valence electrons. The quantitative estimate of drug-likeness (QED) is 0.573. The van der Waals surface area contributed by atoms with Crippen molar-refractivity contribution in [3.8, 4) is 0 Å². The molecule has 0 aromatic heterocycles. The van der Waals surface area contributed by atoms with Crippen molar-refractivity contribution in [3.63, 3.8) is 0 Å². The fraction of sp³-hybridized carbons (Fsp3) is 1.00. The summed E-state index contributed by atoms with van der Waals surface area (Å²) in [6.45, 7) is 11.4. The Balaban J connectivity index is 0.000000902. The fourth-order valence-corrected chi connectivity index (χ4v) is 11.1. The molecule has 0 aromatic carbocycles. The van der Waals surface area contributed by atoms with Crippen LogP contribution >= 0.6 is 0 Å². The minimum Gasteiger partial charge on any atom is -0.393 e. The summed E-state index contributed by atoms with van der Waals surface area (Å²) < 4.78 is 18.5. The summed E-state index contributed by atoms with van der Waals surface area (Å²) in [7, 11) is 0. The summed E-state index contributed by atoms with van der Waals surface area (Å²) in [5.74, 6) is 3.75. The van der Waals surface area contributed by atoms with Gasteiger partial charge in [0.25, 0.3) is 0 Å². The Morgan fingerprint density at radius 3 is 2.29 bits per heavy atom. The fourth-order valence-electron chi connectivity index (χ4n) is 11.1. The third kappa shape index (κ3) is 2.47. The highest BCUT2D eigenvalue weighted by Crippen LogP contribution is 2.79. The first-order valence-corrected chi connectivity index (χ1v) is 13.5. The van der Waals surface area contributed by atoms with E-state index in [1.807, 2.05) is 13.8 Å². The summed E-state index contributed by atoms with van der Waals surface area (Å²) in [5.41, 5.74) is 0.765. The second kappa shape index (κ2) is 6.93. The molecule has 4 nitrogen and oxygen atoms in total. The van der Waals surface area contributed by atoms with Gasteiger partial charge in [0.05, 0.1) is 24.9 Å². The molecule has 1 N–H and O–H groups in total. The first kappa shape index (κ1) is 21.4. The van der Waals surface area contributed by atoms with Crippen molar-refractivity contribution in [3.05, 3.63) is 0 Å². The maximum absolute atomic E-state index is 11.7. The molecule has 7 aliphatic rings. The van der Waals surface area contributed by atoms with Crippen LogP contribution in [0.25, 0.3) is 0 Å². The van der Waals surface area contributed by atoms with Crippen molar-refractivity contribution >= 4 is 0 Å². The van der Waals surface area contributed by atoms with Gasteiger partial charge in [0.2, 0.25) is 0 Å². The number of hydrogen-bond acceptors (Lipinski definition) is 4. The van der Waals surface area contributed by atoms with Crippen LogP contribution in [-0.2, 0) is 14.2 Å². The molecule has 0 amide bonds. The lowest BCUT2D eigenvalue weighted by atomic mass is 9.35. The van der Waals surface area contributed by atoms with E-state index in [0.29, 0.717) is 29.1 Å². The Hall–Kier alpha value is -0.160. The third-order valence-electron chi connectivity index (χ3n) is 11.9. The van der Waals surface area contributed by atoms with E-state index in [2.05, 4.69) is 13.8 Å². The first-order valence-electron chi connectivity index (χ1n) is 13.5. The molecule has 2 spiro atoms. The highest BCUT2D eigenvalue weighted by atomic mass is 16.7. The van der Waals surface area contributed by atoms with Gasteiger partial charge in [0.15, 0.2) is 5.79 Å². The molecular formula is C27H44O4. The van der Waals surface area contributed by atoms with E-state index in [-0.39, 0.29) is 22.9 Å². The molecule has 2 aliphatic heterocycles.